The first-order valence-corrected chi connectivity index (χ1v) is 6.63. The van der Waals surface area contributed by atoms with Gasteiger partial charge in [0.2, 0.25) is 5.13 Å². The molecule has 0 aliphatic carbocycles. The fraction of sp³-hybridized carbons (Fsp3) is 0.308. The lowest BCUT2D eigenvalue weighted by Crippen LogP contribution is -2.23. The molecule has 0 aliphatic heterocycles. The largest absolute Gasteiger partial charge is 0.464 e. The van der Waals surface area contributed by atoms with Crippen molar-refractivity contribution in [3.8, 4) is 0 Å². The summed E-state index contributed by atoms with van der Waals surface area (Å²) in [5.74, 6) is 0. The lowest BCUT2D eigenvalue weighted by atomic mass is 9.98. The van der Waals surface area contributed by atoms with Crippen LogP contribution in [0, 0.1) is 0 Å². The van der Waals surface area contributed by atoms with Crippen molar-refractivity contribution in [2.24, 2.45) is 0 Å². The quantitative estimate of drug-likeness (QED) is 0.909. The molecule has 2 aromatic rings. The second-order valence-corrected chi connectivity index (χ2v) is 6.05. The molecule has 0 bridgehead atoms. The summed E-state index contributed by atoms with van der Waals surface area (Å²) in [6, 6.07) is 8.87. The number of hydrogen-bond donors (Lipinski definition) is 1. The molecule has 0 atom stereocenters. The van der Waals surface area contributed by atoms with E-state index in [2.05, 4.69) is 10.2 Å². The number of hydrogen-bond acceptors (Lipinski definition) is 4. The zero-order valence-corrected chi connectivity index (χ0v) is 11.8. The Kier molecular flexibility index (Phi) is 3.53. The number of rotatable bonds is 2. The highest BCUT2D eigenvalue weighted by atomic mass is 32.1. The Bertz CT molecular complexity index is 575. The third-order valence-corrected chi connectivity index (χ3v) is 3.79. The van der Waals surface area contributed by atoms with Gasteiger partial charge < -0.3 is 5.11 Å². The van der Waals surface area contributed by atoms with E-state index >= 15 is 0 Å². The average Bonchev–Trinajstić information content (AvgIpc) is 2.79. The Morgan fingerprint density at radius 3 is 2.32 bits per heavy atom. The van der Waals surface area contributed by atoms with E-state index in [1.165, 1.54) is 11.3 Å². The number of benzene rings is 1. The van der Waals surface area contributed by atoms with E-state index < -0.39 is 6.09 Å². The van der Waals surface area contributed by atoms with Crippen LogP contribution in [0.1, 0.15) is 25.8 Å². The Hall–Kier alpha value is -1.95. The smallest absolute Gasteiger partial charge is 0.418 e. The molecule has 1 heterocycles. The van der Waals surface area contributed by atoms with Crippen molar-refractivity contribution in [2.45, 2.75) is 26.2 Å². The van der Waals surface area contributed by atoms with Crippen LogP contribution < -0.4 is 4.90 Å². The maximum absolute atomic E-state index is 11.4. The Morgan fingerprint density at radius 2 is 1.84 bits per heavy atom. The minimum atomic E-state index is -1.07. The Morgan fingerprint density at radius 1 is 1.21 bits per heavy atom. The third kappa shape index (κ3) is 2.90. The first-order valence-electron chi connectivity index (χ1n) is 5.81. The summed E-state index contributed by atoms with van der Waals surface area (Å²) in [5, 5.41) is 18.6. The van der Waals surface area contributed by atoms with Gasteiger partial charge in [0.05, 0.1) is 5.69 Å². The molecule has 0 aliphatic rings. The van der Waals surface area contributed by atoms with Crippen LogP contribution in [0.25, 0.3) is 0 Å². The van der Waals surface area contributed by atoms with Crippen molar-refractivity contribution in [1.29, 1.82) is 0 Å². The predicted molar refractivity (Wildman–Crippen MR) is 75.2 cm³/mol. The lowest BCUT2D eigenvalue weighted by Gasteiger charge is -2.15. The van der Waals surface area contributed by atoms with Crippen molar-refractivity contribution >= 4 is 28.2 Å². The molecule has 2 rings (SSSR count). The first-order chi connectivity index (χ1) is 8.89. The highest BCUT2D eigenvalue weighted by molar-refractivity contribution is 7.15. The highest BCUT2D eigenvalue weighted by Gasteiger charge is 2.25. The number of anilines is 2. The second kappa shape index (κ2) is 4.97. The molecule has 6 heteroatoms. The Labute approximate surface area is 115 Å². The molecule has 1 amide bonds. The van der Waals surface area contributed by atoms with Gasteiger partial charge in [0.15, 0.2) is 0 Å². The van der Waals surface area contributed by atoms with Crippen molar-refractivity contribution < 1.29 is 9.90 Å². The summed E-state index contributed by atoms with van der Waals surface area (Å²) in [7, 11) is 0. The van der Waals surface area contributed by atoms with E-state index in [-0.39, 0.29) is 5.41 Å². The van der Waals surface area contributed by atoms with Crippen LogP contribution in [0.3, 0.4) is 0 Å². The third-order valence-electron chi connectivity index (χ3n) is 2.45. The van der Waals surface area contributed by atoms with Crippen LogP contribution in [0.5, 0.6) is 0 Å². The molecule has 5 nitrogen and oxygen atoms in total. The van der Waals surface area contributed by atoms with Crippen LogP contribution in [-0.4, -0.2) is 21.4 Å². The SMILES string of the molecule is CC(C)(C)c1nnc(N(C(=O)O)c2ccccc2)s1. The molecule has 1 N–H and O–H groups in total. The van der Waals surface area contributed by atoms with Crippen LogP contribution in [0.2, 0.25) is 0 Å². The van der Waals surface area contributed by atoms with Gasteiger partial charge in [-0.1, -0.05) is 50.3 Å². The van der Waals surface area contributed by atoms with E-state index in [1.54, 1.807) is 24.3 Å². The number of aromatic nitrogens is 2. The fourth-order valence-corrected chi connectivity index (χ4v) is 2.41. The van der Waals surface area contributed by atoms with Crippen molar-refractivity contribution in [3.05, 3.63) is 35.3 Å². The molecule has 1 aromatic heterocycles. The van der Waals surface area contributed by atoms with Gasteiger partial charge in [-0.2, -0.15) is 0 Å². The zero-order chi connectivity index (χ0) is 14.0. The normalized spacial score (nSPS) is 11.3. The minimum absolute atomic E-state index is 0.142. The zero-order valence-electron chi connectivity index (χ0n) is 11.0. The summed E-state index contributed by atoms with van der Waals surface area (Å²) < 4.78 is 0. The standard InChI is InChI=1S/C13H15N3O2S/c1-13(2,3)10-14-15-11(19-10)16(12(17)18)9-7-5-4-6-8-9/h4-8H,1-3H3,(H,17,18). The first kappa shape index (κ1) is 13.5. The van der Waals surface area contributed by atoms with E-state index in [0.29, 0.717) is 10.8 Å². The molecular weight excluding hydrogens is 262 g/mol. The number of nitrogens with zero attached hydrogens (tertiary/aromatic N) is 3. The number of carboxylic acid groups (broad SMARTS) is 1. The van der Waals surface area contributed by atoms with Gasteiger partial charge in [0, 0.05) is 5.41 Å². The minimum Gasteiger partial charge on any atom is -0.464 e. The molecule has 0 spiro atoms. The molecule has 0 unspecified atom stereocenters. The summed E-state index contributed by atoms with van der Waals surface area (Å²) in [6.45, 7) is 6.06. The van der Waals surface area contributed by atoms with Crippen molar-refractivity contribution in [2.75, 3.05) is 4.90 Å². The van der Waals surface area contributed by atoms with Crippen LogP contribution in [0.4, 0.5) is 15.6 Å². The van der Waals surface area contributed by atoms with Gasteiger partial charge >= 0.3 is 6.09 Å². The van der Waals surface area contributed by atoms with Crippen molar-refractivity contribution in [3.63, 3.8) is 0 Å². The molecule has 0 saturated heterocycles. The van der Waals surface area contributed by atoms with Crippen LogP contribution in [0.15, 0.2) is 30.3 Å². The predicted octanol–water partition coefficient (Wildman–Crippen LogP) is 3.65. The summed E-state index contributed by atoms with van der Waals surface area (Å²) in [5.41, 5.74) is 0.420. The summed E-state index contributed by atoms with van der Waals surface area (Å²) >= 11 is 1.29. The second-order valence-electron chi connectivity index (χ2n) is 5.09. The monoisotopic (exact) mass is 277 g/mol. The topological polar surface area (TPSA) is 66.3 Å². The Balaban J connectivity index is 2.41. The van der Waals surface area contributed by atoms with Gasteiger partial charge in [-0.05, 0) is 12.1 Å². The van der Waals surface area contributed by atoms with Crippen molar-refractivity contribution in [1.82, 2.24) is 10.2 Å². The molecule has 1 aromatic carbocycles. The molecule has 0 fully saturated rings. The number of para-hydroxylation sites is 1. The molecule has 100 valence electrons. The van der Waals surface area contributed by atoms with E-state index in [9.17, 15) is 9.90 Å². The number of carbonyl (C=O) groups is 1. The highest BCUT2D eigenvalue weighted by Crippen LogP contribution is 2.33. The van der Waals surface area contributed by atoms with E-state index in [0.717, 1.165) is 9.91 Å². The van der Waals surface area contributed by atoms with Gasteiger partial charge in [-0.25, -0.2) is 9.69 Å². The van der Waals surface area contributed by atoms with E-state index in [1.807, 2.05) is 26.8 Å². The summed E-state index contributed by atoms with van der Waals surface area (Å²) in [4.78, 5) is 12.6. The fourth-order valence-electron chi connectivity index (χ4n) is 1.49. The molecule has 19 heavy (non-hydrogen) atoms. The van der Waals surface area contributed by atoms with Gasteiger partial charge in [0.25, 0.3) is 0 Å². The van der Waals surface area contributed by atoms with Gasteiger partial charge in [0.1, 0.15) is 5.01 Å². The summed E-state index contributed by atoms with van der Waals surface area (Å²) in [6.07, 6.45) is -1.07. The maximum Gasteiger partial charge on any atom is 0.418 e. The van der Waals surface area contributed by atoms with E-state index in [4.69, 9.17) is 0 Å². The molecule has 0 radical (unpaired) electrons. The van der Waals surface area contributed by atoms with Gasteiger partial charge in [-0.3, -0.25) is 0 Å². The average molecular weight is 277 g/mol. The number of amides is 1. The lowest BCUT2D eigenvalue weighted by molar-refractivity contribution is 0.204. The van der Waals surface area contributed by atoms with Crippen LogP contribution in [-0.2, 0) is 5.41 Å². The molecular formula is C13H15N3O2S. The van der Waals surface area contributed by atoms with Crippen LogP contribution >= 0.6 is 11.3 Å². The maximum atomic E-state index is 11.4. The molecule has 0 saturated carbocycles. The van der Waals surface area contributed by atoms with Gasteiger partial charge in [-0.15, -0.1) is 10.2 Å².